The van der Waals surface area contributed by atoms with Gasteiger partial charge in [0.2, 0.25) is 5.91 Å². The molecule has 0 aliphatic carbocycles. The van der Waals surface area contributed by atoms with Crippen molar-refractivity contribution in [1.29, 1.82) is 0 Å². The third-order valence-corrected chi connectivity index (χ3v) is 12.9. The highest BCUT2D eigenvalue weighted by atomic mass is 32.1. The van der Waals surface area contributed by atoms with E-state index < -0.39 is 66.7 Å². The fraction of sp³-hybridized carbons (Fsp3) is 0.578. The third kappa shape index (κ3) is 11.4. The van der Waals surface area contributed by atoms with Crippen molar-refractivity contribution in [2.24, 2.45) is 11.3 Å². The molecule has 0 radical (unpaired) electrons. The number of nitrogens with one attached hydrogen (secondary N) is 2. The molecule has 3 atom stereocenters. The highest BCUT2D eigenvalue weighted by Crippen LogP contribution is 2.45. The number of carbonyl (C=O) groups is 3. The van der Waals surface area contributed by atoms with Crippen LogP contribution < -0.4 is 15.6 Å². The SMILES string of the molecule is COC(C)c1ncc(N2CCN(CC(F)(F)F)CC2)cc1-c1c2c3cc(c(F)cc3n1CC(F)(F)F)-c1csc(n1)CC(NC(=O)CC(C)C)C(=O)N1CCCC(N1)C(=O)OCC(C)(C)C2. The number of hydrazine groups is 1. The van der Waals surface area contributed by atoms with Crippen molar-refractivity contribution in [3.05, 3.63) is 51.9 Å². The number of thiazole rings is 1. The number of cyclic esters (lactones) is 1. The van der Waals surface area contributed by atoms with E-state index in [2.05, 4.69) is 10.7 Å². The summed E-state index contributed by atoms with van der Waals surface area (Å²) in [6.45, 7) is 6.94. The minimum atomic E-state index is -4.80. The monoisotopic (exact) mass is 952 g/mol. The molecule has 6 bridgehead atoms. The number of aromatic nitrogens is 3. The van der Waals surface area contributed by atoms with Gasteiger partial charge in [-0.05, 0) is 55.9 Å². The van der Waals surface area contributed by atoms with Crippen LogP contribution in [0.1, 0.15) is 76.3 Å². The Kier molecular flexibility index (Phi) is 14.4. The summed E-state index contributed by atoms with van der Waals surface area (Å²) >= 11 is 1.13. The van der Waals surface area contributed by atoms with Crippen LogP contribution in [0.4, 0.5) is 36.4 Å². The summed E-state index contributed by atoms with van der Waals surface area (Å²) in [5, 5.41) is 6.35. The number of pyridine rings is 1. The number of halogens is 7. The number of carbonyl (C=O) groups excluding carboxylic acids is 3. The number of ether oxygens (including phenoxy) is 2. The predicted octanol–water partition coefficient (Wildman–Crippen LogP) is 7.61. The summed E-state index contributed by atoms with van der Waals surface area (Å²) in [6.07, 6.45) is -7.57. The topological polar surface area (TPSA) is 134 Å². The molecule has 0 spiro atoms. The number of amides is 2. The molecule has 66 heavy (non-hydrogen) atoms. The molecule has 360 valence electrons. The van der Waals surface area contributed by atoms with Crippen molar-refractivity contribution >= 4 is 45.7 Å². The van der Waals surface area contributed by atoms with Crippen LogP contribution in [-0.2, 0) is 43.2 Å². The Morgan fingerprint density at radius 2 is 1.73 bits per heavy atom. The van der Waals surface area contributed by atoms with E-state index in [0.29, 0.717) is 29.1 Å². The van der Waals surface area contributed by atoms with Gasteiger partial charge in [-0.3, -0.25) is 29.3 Å². The van der Waals surface area contributed by atoms with Crippen LogP contribution in [0.2, 0.25) is 0 Å². The van der Waals surface area contributed by atoms with Gasteiger partial charge in [0.05, 0.1) is 58.7 Å². The first-order valence-corrected chi connectivity index (χ1v) is 22.8. The van der Waals surface area contributed by atoms with Crippen LogP contribution in [-0.4, -0.2) is 120 Å². The van der Waals surface area contributed by atoms with Crippen LogP contribution in [0.25, 0.3) is 33.4 Å². The second kappa shape index (κ2) is 19.4. The van der Waals surface area contributed by atoms with Gasteiger partial charge >= 0.3 is 18.3 Å². The van der Waals surface area contributed by atoms with Gasteiger partial charge in [0.15, 0.2) is 0 Å². The van der Waals surface area contributed by atoms with Gasteiger partial charge in [-0.25, -0.2) is 14.8 Å². The quantitative estimate of drug-likeness (QED) is 0.128. The Labute approximate surface area is 382 Å². The predicted molar refractivity (Wildman–Crippen MR) is 234 cm³/mol. The first-order valence-electron chi connectivity index (χ1n) is 22.0. The highest BCUT2D eigenvalue weighted by Gasteiger charge is 2.39. The number of rotatable bonds is 9. The first-order chi connectivity index (χ1) is 31.0. The van der Waals surface area contributed by atoms with Crippen LogP contribution in [0.5, 0.6) is 0 Å². The summed E-state index contributed by atoms with van der Waals surface area (Å²) < 4.78 is 114. The zero-order chi connectivity index (χ0) is 47.9. The number of benzene rings is 1. The van der Waals surface area contributed by atoms with E-state index in [0.717, 1.165) is 22.0 Å². The molecule has 21 heteroatoms. The zero-order valence-corrected chi connectivity index (χ0v) is 38.5. The smallest absolute Gasteiger partial charge is 0.406 e. The number of nitrogens with zero attached hydrogens (tertiary/aromatic N) is 6. The second-order valence-electron chi connectivity index (χ2n) is 18.6. The number of fused-ring (bicyclic) bond motifs is 6. The molecule has 3 unspecified atom stereocenters. The standard InChI is InChI=1S/C45H55F7N8O5S/c1-25(2)14-37(61)54-34-18-38-55-35(21-66-38)29-16-28-31(19-43(4,5)24-65-42(63)33-8-7-9-60(56-33)41(34)62)40(59(23-45(50,51)52)36(28)17-32(29)46)30-15-27(20-53-39(30)26(3)64-6)58-12-10-57(11-13-58)22-44(47,48)49/h15-17,20-21,25-26,33-34,56H,7-14,18-19,22-24H2,1-6H3,(H,54,61). The van der Waals surface area contributed by atoms with E-state index >= 15 is 4.39 Å². The summed E-state index contributed by atoms with van der Waals surface area (Å²) in [5.41, 5.74) is 3.48. The molecule has 6 heterocycles. The Morgan fingerprint density at radius 1 is 1.02 bits per heavy atom. The Bertz CT molecular complexity index is 2430. The molecular weight excluding hydrogens is 898 g/mol. The van der Waals surface area contributed by atoms with E-state index in [1.165, 1.54) is 29.3 Å². The van der Waals surface area contributed by atoms with Crippen molar-refractivity contribution in [2.75, 3.05) is 57.9 Å². The fourth-order valence-corrected chi connectivity index (χ4v) is 9.71. The lowest BCUT2D eigenvalue weighted by molar-refractivity contribution is -0.155. The normalized spacial score (nSPS) is 20.7. The van der Waals surface area contributed by atoms with Crippen molar-refractivity contribution in [2.45, 2.75) is 104 Å². The minimum Gasteiger partial charge on any atom is -0.464 e. The summed E-state index contributed by atoms with van der Waals surface area (Å²) in [5.74, 6) is -2.39. The van der Waals surface area contributed by atoms with Crippen molar-refractivity contribution in [3.8, 4) is 22.5 Å². The van der Waals surface area contributed by atoms with Gasteiger partial charge in [-0.2, -0.15) is 26.3 Å². The molecule has 2 amide bonds. The lowest BCUT2D eigenvalue weighted by atomic mass is 9.84. The third-order valence-electron chi connectivity index (χ3n) is 12.1. The maximum atomic E-state index is 16.7. The molecule has 0 saturated carbocycles. The lowest BCUT2D eigenvalue weighted by Gasteiger charge is -2.36. The largest absolute Gasteiger partial charge is 0.464 e. The number of anilines is 1. The Hall–Kier alpha value is -4.86. The molecule has 3 aromatic heterocycles. The number of hydrogen-bond donors (Lipinski definition) is 2. The number of hydrogen-bond acceptors (Lipinski definition) is 11. The number of methoxy groups -OCH3 is 1. The van der Waals surface area contributed by atoms with Gasteiger partial charge in [-0.15, -0.1) is 11.3 Å². The molecule has 1 aromatic carbocycles. The molecule has 13 nitrogen and oxygen atoms in total. The Morgan fingerprint density at radius 3 is 2.39 bits per heavy atom. The number of alkyl halides is 6. The molecule has 4 aromatic rings. The van der Waals surface area contributed by atoms with Gasteiger partial charge in [0.25, 0.3) is 5.91 Å². The van der Waals surface area contributed by atoms with Gasteiger partial charge < -0.3 is 24.3 Å². The molecule has 3 aliphatic rings. The average molecular weight is 953 g/mol. The van der Waals surface area contributed by atoms with Gasteiger partial charge in [0.1, 0.15) is 24.4 Å². The molecule has 2 saturated heterocycles. The van der Waals surface area contributed by atoms with Crippen molar-refractivity contribution in [1.82, 2.24) is 35.2 Å². The second-order valence-corrected chi connectivity index (χ2v) is 19.5. The number of piperazine rings is 1. The van der Waals surface area contributed by atoms with Crippen molar-refractivity contribution in [3.63, 3.8) is 0 Å². The van der Waals surface area contributed by atoms with E-state index in [1.807, 2.05) is 18.7 Å². The number of esters is 1. The van der Waals surface area contributed by atoms with E-state index in [4.69, 9.17) is 19.4 Å². The summed E-state index contributed by atoms with van der Waals surface area (Å²) in [4.78, 5) is 53.5. The summed E-state index contributed by atoms with van der Waals surface area (Å²) in [6, 6.07) is 2.14. The molecular formula is C45H55F7N8O5S. The van der Waals surface area contributed by atoms with E-state index in [1.54, 1.807) is 32.2 Å². The maximum Gasteiger partial charge on any atom is 0.406 e. The van der Waals surface area contributed by atoms with Crippen molar-refractivity contribution < 1.29 is 54.6 Å². The van der Waals surface area contributed by atoms with Crippen LogP contribution in [0.3, 0.4) is 0 Å². The first kappa shape index (κ1) is 49.1. The average Bonchev–Trinajstić information content (AvgIpc) is 3.81. The van der Waals surface area contributed by atoms with E-state index in [-0.39, 0.29) is 110 Å². The lowest BCUT2D eigenvalue weighted by Crippen LogP contribution is -2.60. The van der Waals surface area contributed by atoms with Crippen LogP contribution in [0, 0.1) is 17.2 Å². The summed E-state index contributed by atoms with van der Waals surface area (Å²) in [7, 11) is 1.43. The molecule has 3 aliphatic heterocycles. The van der Waals surface area contributed by atoms with Gasteiger partial charge in [0, 0.05) is 80.0 Å². The zero-order valence-electron chi connectivity index (χ0n) is 37.7. The van der Waals surface area contributed by atoms with Crippen LogP contribution >= 0.6 is 11.3 Å². The maximum absolute atomic E-state index is 16.7. The molecule has 2 N–H and O–H groups in total. The molecule has 7 rings (SSSR count). The van der Waals surface area contributed by atoms with Crippen LogP contribution in [0.15, 0.2) is 29.8 Å². The minimum absolute atomic E-state index is 0.00592. The molecule has 2 fully saturated rings. The highest BCUT2D eigenvalue weighted by molar-refractivity contribution is 7.10. The Balaban J connectivity index is 1.42. The van der Waals surface area contributed by atoms with Gasteiger partial charge in [-0.1, -0.05) is 27.7 Å². The van der Waals surface area contributed by atoms with E-state index in [9.17, 15) is 40.7 Å². The fourth-order valence-electron chi connectivity index (χ4n) is 8.87.